The molecule has 3 nitrogen and oxygen atoms in total. The average molecular weight is 278 g/mol. The van der Waals surface area contributed by atoms with Crippen LogP contribution in [0.25, 0.3) is 0 Å². The standard InChI is InChI=1S/C15H22N2OS/c1-12-2-3-13(9-16-12)10-17-14-4-6-18-15(8-14)5-7-19-11-15/h2-3,9,14,17H,4-8,10-11H2,1H3. The first-order valence-electron chi connectivity index (χ1n) is 7.12. The Bertz CT molecular complexity index is 415. The number of aryl methyl sites for hydroxylation is 1. The van der Waals surface area contributed by atoms with Crippen molar-refractivity contribution in [2.75, 3.05) is 18.1 Å². The van der Waals surface area contributed by atoms with Crippen LogP contribution in [0.15, 0.2) is 18.3 Å². The van der Waals surface area contributed by atoms with Gasteiger partial charge in [-0.1, -0.05) is 6.07 Å². The van der Waals surface area contributed by atoms with E-state index in [1.54, 1.807) is 0 Å². The summed E-state index contributed by atoms with van der Waals surface area (Å²) in [5.74, 6) is 2.44. The van der Waals surface area contributed by atoms with Crippen molar-refractivity contribution in [3.05, 3.63) is 29.6 Å². The van der Waals surface area contributed by atoms with Crippen LogP contribution in [0.5, 0.6) is 0 Å². The second-order valence-corrected chi connectivity index (χ2v) is 6.82. The number of rotatable bonds is 3. The molecule has 2 saturated heterocycles. The van der Waals surface area contributed by atoms with Gasteiger partial charge in [-0.3, -0.25) is 4.98 Å². The molecule has 0 saturated carbocycles. The van der Waals surface area contributed by atoms with E-state index in [0.717, 1.165) is 25.3 Å². The van der Waals surface area contributed by atoms with E-state index in [1.165, 1.54) is 29.9 Å². The Morgan fingerprint density at radius 3 is 3.21 bits per heavy atom. The van der Waals surface area contributed by atoms with Crippen LogP contribution in [-0.4, -0.2) is 34.7 Å². The van der Waals surface area contributed by atoms with Crippen molar-refractivity contribution in [2.24, 2.45) is 0 Å². The first kappa shape index (κ1) is 13.4. The Hall–Kier alpha value is -0.580. The van der Waals surface area contributed by atoms with Gasteiger partial charge < -0.3 is 10.1 Å². The van der Waals surface area contributed by atoms with E-state index in [2.05, 4.69) is 22.4 Å². The number of nitrogens with zero attached hydrogens (tertiary/aromatic N) is 1. The predicted octanol–water partition coefficient (Wildman–Crippen LogP) is 2.53. The molecular formula is C15H22N2OS. The molecule has 0 bridgehead atoms. The van der Waals surface area contributed by atoms with Gasteiger partial charge in [-0.2, -0.15) is 11.8 Å². The van der Waals surface area contributed by atoms with E-state index in [9.17, 15) is 0 Å². The van der Waals surface area contributed by atoms with Crippen molar-refractivity contribution in [1.82, 2.24) is 10.3 Å². The fraction of sp³-hybridized carbons (Fsp3) is 0.667. The van der Waals surface area contributed by atoms with Crippen molar-refractivity contribution in [3.63, 3.8) is 0 Å². The molecule has 0 aliphatic carbocycles. The lowest BCUT2D eigenvalue weighted by molar-refractivity contribution is -0.0703. The van der Waals surface area contributed by atoms with Crippen LogP contribution in [0, 0.1) is 6.92 Å². The van der Waals surface area contributed by atoms with Crippen molar-refractivity contribution in [2.45, 2.75) is 44.4 Å². The molecule has 0 aromatic carbocycles. The molecule has 1 spiro atoms. The number of pyridine rings is 1. The summed E-state index contributed by atoms with van der Waals surface area (Å²) in [6, 6.07) is 4.83. The zero-order chi connectivity index (χ0) is 13.1. The number of thioether (sulfide) groups is 1. The zero-order valence-electron chi connectivity index (χ0n) is 11.5. The molecule has 4 heteroatoms. The minimum Gasteiger partial charge on any atom is -0.374 e. The van der Waals surface area contributed by atoms with Crippen LogP contribution >= 0.6 is 11.8 Å². The first-order chi connectivity index (χ1) is 9.26. The van der Waals surface area contributed by atoms with Crippen LogP contribution in [0.3, 0.4) is 0 Å². The summed E-state index contributed by atoms with van der Waals surface area (Å²) in [5.41, 5.74) is 2.52. The Balaban J connectivity index is 1.53. The van der Waals surface area contributed by atoms with Crippen LogP contribution in [0.2, 0.25) is 0 Å². The minimum absolute atomic E-state index is 0.173. The molecule has 2 aliphatic heterocycles. The van der Waals surface area contributed by atoms with E-state index in [4.69, 9.17) is 4.74 Å². The summed E-state index contributed by atoms with van der Waals surface area (Å²) in [7, 11) is 0. The molecule has 2 atom stereocenters. The number of hydrogen-bond donors (Lipinski definition) is 1. The van der Waals surface area contributed by atoms with Crippen LogP contribution in [-0.2, 0) is 11.3 Å². The molecule has 1 N–H and O–H groups in total. The topological polar surface area (TPSA) is 34.1 Å². The molecule has 104 valence electrons. The normalized spacial score (nSPS) is 30.9. The summed E-state index contributed by atoms with van der Waals surface area (Å²) >= 11 is 2.03. The lowest BCUT2D eigenvalue weighted by Crippen LogP contribution is -2.47. The monoisotopic (exact) mass is 278 g/mol. The van der Waals surface area contributed by atoms with E-state index < -0.39 is 0 Å². The van der Waals surface area contributed by atoms with Gasteiger partial charge in [-0.15, -0.1) is 0 Å². The van der Waals surface area contributed by atoms with Gasteiger partial charge in [0.25, 0.3) is 0 Å². The van der Waals surface area contributed by atoms with Gasteiger partial charge in [0.15, 0.2) is 0 Å². The molecule has 19 heavy (non-hydrogen) atoms. The van der Waals surface area contributed by atoms with Crippen molar-refractivity contribution >= 4 is 11.8 Å². The van der Waals surface area contributed by atoms with Gasteiger partial charge >= 0.3 is 0 Å². The predicted molar refractivity (Wildman–Crippen MR) is 79.5 cm³/mol. The Morgan fingerprint density at radius 1 is 1.53 bits per heavy atom. The van der Waals surface area contributed by atoms with Gasteiger partial charge in [-0.25, -0.2) is 0 Å². The van der Waals surface area contributed by atoms with Gasteiger partial charge in [0.05, 0.1) is 5.60 Å². The van der Waals surface area contributed by atoms with E-state index in [0.29, 0.717) is 6.04 Å². The van der Waals surface area contributed by atoms with E-state index in [-0.39, 0.29) is 5.60 Å². The maximum Gasteiger partial charge on any atom is 0.0795 e. The molecule has 1 aromatic rings. The summed E-state index contributed by atoms with van der Waals surface area (Å²) in [5, 5.41) is 3.68. The third kappa shape index (κ3) is 3.30. The van der Waals surface area contributed by atoms with Crippen LogP contribution in [0.1, 0.15) is 30.5 Å². The van der Waals surface area contributed by atoms with E-state index >= 15 is 0 Å². The average Bonchev–Trinajstić information content (AvgIpc) is 2.86. The fourth-order valence-electron chi connectivity index (χ4n) is 2.93. The lowest BCUT2D eigenvalue weighted by atomic mass is 9.90. The molecule has 0 radical (unpaired) electrons. The highest BCUT2D eigenvalue weighted by molar-refractivity contribution is 7.99. The molecule has 1 aromatic heterocycles. The fourth-order valence-corrected chi connectivity index (χ4v) is 4.31. The molecule has 3 rings (SSSR count). The van der Waals surface area contributed by atoms with Crippen molar-refractivity contribution in [1.29, 1.82) is 0 Å². The van der Waals surface area contributed by atoms with Gasteiger partial charge in [0.1, 0.15) is 0 Å². The SMILES string of the molecule is Cc1ccc(CNC2CCOC3(CCSC3)C2)cn1. The molecule has 3 heterocycles. The molecule has 2 aliphatic rings. The zero-order valence-corrected chi connectivity index (χ0v) is 12.3. The van der Waals surface area contributed by atoms with Crippen molar-refractivity contribution < 1.29 is 4.74 Å². The van der Waals surface area contributed by atoms with Crippen molar-refractivity contribution in [3.8, 4) is 0 Å². The maximum absolute atomic E-state index is 6.05. The number of hydrogen-bond acceptors (Lipinski definition) is 4. The maximum atomic E-state index is 6.05. The van der Waals surface area contributed by atoms with Gasteiger partial charge in [0, 0.05) is 36.8 Å². The number of aromatic nitrogens is 1. The third-order valence-electron chi connectivity index (χ3n) is 4.13. The number of nitrogens with one attached hydrogen (secondary N) is 1. The molecule has 0 amide bonds. The Morgan fingerprint density at radius 2 is 2.47 bits per heavy atom. The summed E-state index contributed by atoms with van der Waals surface area (Å²) in [6.07, 6.45) is 5.50. The highest BCUT2D eigenvalue weighted by Gasteiger charge is 2.40. The molecular weight excluding hydrogens is 256 g/mol. The third-order valence-corrected chi connectivity index (χ3v) is 5.35. The second-order valence-electron chi connectivity index (χ2n) is 5.71. The smallest absolute Gasteiger partial charge is 0.0795 e. The van der Waals surface area contributed by atoms with Gasteiger partial charge in [0.2, 0.25) is 0 Å². The Kier molecular flexibility index (Phi) is 4.10. The quantitative estimate of drug-likeness (QED) is 0.921. The van der Waals surface area contributed by atoms with Gasteiger partial charge in [-0.05, 0) is 43.6 Å². The number of ether oxygens (including phenoxy) is 1. The molecule has 2 unspecified atom stereocenters. The van der Waals surface area contributed by atoms with E-state index in [1.807, 2.05) is 24.9 Å². The summed E-state index contributed by atoms with van der Waals surface area (Å²) in [6.45, 7) is 3.85. The van der Waals surface area contributed by atoms with Crippen LogP contribution in [0.4, 0.5) is 0 Å². The summed E-state index contributed by atoms with van der Waals surface area (Å²) < 4.78 is 6.05. The summed E-state index contributed by atoms with van der Waals surface area (Å²) in [4.78, 5) is 4.35. The van der Waals surface area contributed by atoms with Crippen LogP contribution < -0.4 is 5.32 Å². The molecule has 2 fully saturated rings. The largest absolute Gasteiger partial charge is 0.374 e. The second kappa shape index (κ2) is 5.81. The lowest BCUT2D eigenvalue weighted by Gasteiger charge is -2.38. The minimum atomic E-state index is 0.173. The Labute approximate surface area is 119 Å². The highest BCUT2D eigenvalue weighted by Crippen LogP contribution is 2.38. The highest BCUT2D eigenvalue weighted by atomic mass is 32.2. The first-order valence-corrected chi connectivity index (χ1v) is 8.28.